The molecule has 2 heterocycles. The number of halogens is 1. The molecule has 1 aromatic heterocycles. The lowest BCUT2D eigenvalue weighted by Gasteiger charge is -2.26. The van der Waals surface area contributed by atoms with Crippen molar-refractivity contribution in [2.24, 2.45) is 0 Å². The lowest BCUT2D eigenvalue weighted by molar-refractivity contribution is 0.0720. The summed E-state index contributed by atoms with van der Waals surface area (Å²) in [5.41, 5.74) is 0.465. The van der Waals surface area contributed by atoms with Crippen LogP contribution in [-0.4, -0.2) is 60.9 Å². The van der Waals surface area contributed by atoms with E-state index in [2.05, 4.69) is 4.98 Å². The molecule has 0 radical (unpaired) electrons. The summed E-state index contributed by atoms with van der Waals surface area (Å²) < 4.78 is 46.8. The van der Waals surface area contributed by atoms with E-state index >= 15 is 0 Å². The molecule has 0 N–H and O–H groups in total. The van der Waals surface area contributed by atoms with E-state index in [0.29, 0.717) is 18.9 Å². The van der Waals surface area contributed by atoms with Gasteiger partial charge in [-0.25, -0.2) is 12.8 Å². The maximum absolute atomic E-state index is 14.5. The molecule has 1 aromatic carbocycles. The Morgan fingerprint density at radius 2 is 1.97 bits per heavy atom. The quantitative estimate of drug-likeness (QED) is 0.716. The van der Waals surface area contributed by atoms with E-state index in [4.69, 9.17) is 4.74 Å². The van der Waals surface area contributed by atoms with Gasteiger partial charge in [-0.2, -0.15) is 4.31 Å². The molecule has 0 spiro atoms. The molecule has 154 valence electrons. The van der Waals surface area contributed by atoms with Crippen LogP contribution in [-0.2, 0) is 21.3 Å². The molecule has 9 heteroatoms. The van der Waals surface area contributed by atoms with Gasteiger partial charge in [0.2, 0.25) is 10.0 Å². The zero-order valence-corrected chi connectivity index (χ0v) is 16.6. The van der Waals surface area contributed by atoms with E-state index in [9.17, 15) is 17.6 Å². The predicted molar refractivity (Wildman–Crippen MR) is 103 cm³/mol. The van der Waals surface area contributed by atoms with Crippen molar-refractivity contribution >= 4 is 15.9 Å². The van der Waals surface area contributed by atoms with Crippen LogP contribution in [0.3, 0.4) is 0 Å². The van der Waals surface area contributed by atoms with Gasteiger partial charge in [0.05, 0.1) is 35.9 Å². The summed E-state index contributed by atoms with van der Waals surface area (Å²) in [7, 11) is -3.82. The van der Waals surface area contributed by atoms with Gasteiger partial charge < -0.3 is 9.64 Å². The summed E-state index contributed by atoms with van der Waals surface area (Å²) in [6.45, 7) is 1.34. The number of carbonyl (C=O) groups excluding carboxylic acids is 1. The average molecular weight is 419 g/mol. The molecule has 29 heavy (non-hydrogen) atoms. The highest BCUT2D eigenvalue weighted by Crippen LogP contribution is 2.31. The molecule has 7 nitrogen and oxygen atoms in total. The molecule has 1 aliphatic heterocycles. The number of rotatable bonds is 6. The van der Waals surface area contributed by atoms with Crippen LogP contribution in [0.2, 0.25) is 0 Å². The largest absolute Gasteiger partial charge is 0.379 e. The number of aromatic nitrogens is 1. The normalized spacial score (nSPS) is 17.8. The van der Waals surface area contributed by atoms with Gasteiger partial charge in [-0.1, -0.05) is 6.07 Å². The van der Waals surface area contributed by atoms with Gasteiger partial charge in [0.1, 0.15) is 5.82 Å². The van der Waals surface area contributed by atoms with Crippen molar-refractivity contribution in [2.75, 3.05) is 26.3 Å². The third kappa shape index (κ3) is 4.31. The van der Waals surface area contributed by atoms with E-state index in [1.165, 1.54) is 10.4 Å². The molecule has 0 unspecified atom stereocenters. The molecule has 0 bridgehead atoms. The van der Waals surface area contributed by atoms with E-state index in [1.807, 2.05) is 6.07 Å². The number of hydrogen-bond donors (Lipinski definition) is 0. The number of morpholine rings is 1. The summed E-state index contributed by atoms with van der Waals surface area (Å²) in [5.74, 6) is -1.25. The van der Waals surface area contributed by atoms with Gasteiger partial charge in [0.15, 0.2) is 0 Å². The van der Waals surface area contributed by atoms with E-state index < -0.39 is 21.7 Å². The van der Waals surface area contributed by atoms with Crippen LogP contribution in [0.4, 0.5) is 4.39 Å². The summed E-state index contributed by atoms with van der Waals surface area (Å²) in [5, 5.41) is 0. The molecule has 2 fully saturated rings. The first-order valence-corrected chi connectivity index (χ1v) is 11.0. The third-order valence-electron chi connectivity index (χ3n) is 5.08. The molecule has 2 aliphatic rings. The molecule has 2 aromatic rings. The summed E-state index contributed by atoms with van der Waals surface area (Å²) >= 11 is 0. The highest BCUT2D eigenvalue weighted by Gasteiger charge is 2.35. The van der Waals surface area contributed by atoms with Crippen LogP contribution < -0.4 is 0 Å². The predicted octanol–water partition coefficient (Wildman–Crippen LogP) is 2.05. The zero-order chi connectivity index (χ0) is 20.4. The Kier molecular flexibility index (Phi) is 5.62. The third-order valence-corrected chi connectivity index (χ3v) is 6.98. The van der Waals surface area contributed by atoms with Crippen LogP contribution in [0.5, 0.6) is 0 Å². The van der Waals surface area contributed by atoms with Crippen LogP contribution in [0.25, 0.3) is 0 Å². The number of pyridine rings is 1. The van der Waals surface area contributed by atoms with Crippen molar-refractivity contribution in [2.45, 2.75) is 30.3 Å². The molecule has 1 aliphatic carbocycles. The monoisotopic (exact) mass is 419 g/mol. The number of sulfonamides is 1. The summed E-state index contributed by atoms with van der Waals surface area (Å²) in [4.78, 5) is 18.9. The molecule has 1 saturated carbocycles. The van der Waals surface area contributed by atoms with Crippen molar-refractivity contribution in [3.05, 3.63) is 59.7 Å². The van der Waals surface area contributed by atoms with Gasteiger partial charge >= 0.3 is 0 Å². The van der Waals surface area contributed by atoms with Gasteiger partial charge in [-0.3, -0.25) is 9.78 Å². The Balaban J connectivity index is 1.63. The second-order valence-electron chi connectivity index (χ2n) is 7.14. The Hall–Kier alpha value is -2.36. The van der Waals surface area contributed by atoms with Crippen molar-refractivity contribution in [1.29, 1.82) is 0 Å². The van der Waals surface area contributed by atoms with Crippen LogP contribution in [0.1, 0.15) is 28.9 Å². The second-order valence-corrected chi connectivity index (χ2v) is 9.08. The van der Waals surface area contributed by atoms with E-state index in [0.717, 1.165) is 25.0 Å². The fourth-order valence-corrected chi connectivity index (χ4v) is 4.77. The second kappa shape index (κ2) is 8.17. The number of amides is 1. The zero-order valence-electron chi connectivity index (χ0n) is 15.8. The Labute approximate surface area is 169 Å². The van der Waals surface area contributed by atoms with Crippen LogP contribution >= 0.6 is 0 Å². The van der Waals surface area contributed by atoms with Crippen molar-refractivity contribution in [1.82, 2.24) is 14.2 Å². The van der Waals surface area contributed by atoms with Crippen LogP contribution in [0, 0.1) is 5.82 Å². The average Bonchev–Trinajstić information content (AvgIpc) is 3.58. The summed E-state index contributed by atoms with van der Waals surface area (Å²) in [6, 6.07) is 8.84. The highest BCUT2D eigenvalue weighted by atomic mass is 32.2. The minimum atomic E-state index is -3.82. The fraction of sp³-hybridized carbons (Fsp3) is 0.400. The highest BCUT2D eigenvalue weighted by molar-refractivity contribution is 7.89. The number of hydrogen-bond acceptors (Lipinski definition) is 5. The minimum absolute atomic E-state index is 0.0170. The van der Waals surface area contributed by atoms with Crippen LogP contribution in [0.15, 0.2) is 47.5 Å². The molecular formula is C20H22FN3O4S. The van der Waals surface area contributed by atoms with E-state index in [-0.39, 0.29) is 36.1 Å². The SMILES string of the molecule is O=C(c1cc(S(=O)(=O)N2CCOCC2)ccc1F)N(Cc1ccccn1)C1CC1. The van der Waals surface area contributed by atoms with Gasteiger partial charge in [0.25, 0.3) is 5.91 Å². The number of benzene rings is 1. The maximum Gasteiger partial charge on any atom is 0.257 e. The topological polar surface area (TPSA) is 79.8 Å². The first kappa shape index (κ1) is 19.9. The van der Waals surface area contributed by atoms with Crippen molar-refractivity contribution in [3.8, 4) is 0 Å². The molecule has 4 rings (SSSR count). The Morgan fingerprint density at radius 1 is 1.21 bits per heavy atom. The first-order valence-electron chi connectivity index (χ1n) is 9.55. The van der Waals surface area contributed by atoms with Gasteiger partial charge in [-0.15, -0.1) is 0 Å². The minimum Gasteiger partial charge on any atom is -0.379 e. The Morgan fingerprint density at radius 3 is 2.62 bits per heavy atom. The number of carbonyl (C=O) groups is 1. The first-order chi connectivity index (χ1) is 14.0. The molecule has 1 amide bonds. The number of ether oxygens (including phenoxy) is 1. The standard InChI is InChI=1S/C20H22FN3O4S/c21-19-7-6-17(29(26,27)23-9-11-28-12-10-23)13-18(19)20(25)24(16-4-5-16)14-15-3-1-2-8-22-15/h1-3,6-8,13,16H,4-5,9-12,14H2. The van der Waals surface area contributed by atoms with Gasteiger partial charge in [0, 0.05) is 25.3 Å². The molecular weight excluding hydrogens is 397 g/mol. The van der Waals surface area contributed by atoms with Crippen molar-refractivity contribution in [3.63, 3.8) is 0 Å². The Bertz CT molecular complexity index is 990. The fourth-order valence-electron chi connectivity index (χ4n) is 3.34. The lowest BCUT2D eigenvalue weighted by Crippen LogP contribution is -2.40. The molecule has 0 atom stereocenters. The van der Waals surface area contributed by atoms with Gasteiger partial charge in [-0.05, 0) is 43.2 Å². The maximum atomic E-state index is 14.5. The summed E-state index contributed by atoms with van der Waals surface area (Å²) in [6.07, 6.45) is 3.32. The number of nitrogens with zero attached hydrogens (tertiary/aromatic N) is 3. The lowest BCUT2D eigenvalue weighted by atomic mass is 10.1. The smallest absolute Gasteiger partial charge is 0.257 e. The van der Waals surface area contributed by atoms with Crippen molar-refractivity contribution < 1.29 is 22.3 Å². The molecule has 1 saturated heterocycles. The van der Waals surface area contributed by atoms with E-state index in [1.54, 1.807) is 23.2 Å².